The maximum atomic E-state index is 12.4. The van der Waals surface area contributed by atoms with Crippen LogP contribution in [-0.4, -0.2) is 44.7 Å². The molecular formula is C21H29N5O. The molecule has 1 aromatic heterocycles. The van der Waals surface area contributed by atoms with Gasteiger partial charge in [-0.2, -0.15) is 0 Å². The molecule has 0 aliphatic carbocycles. The lowest BCUT2D eigenvalue weighted by molar-refractivity contribution is 0.0924. The van der Waals surface area contributed by atoms with Crippen LogP contribution in [-0.2, 0) is 19.5 Å². The molecule has 2 atom stereocenters. The Morgan fingerprint density at radius 1 is 1.19 bits per heavy atom. The third-order valence-corrected chi connectivity index (χ3v) is 5.86. The first-order chi connectivity index (χ1) is 12.9. The number of nitrogens with one attached hydrogen (secondary N) is 1. The lowest BCUT2D eigenvalue weighted by Gasteiger charge is -2.25. The van der Waals surface area contributed by atoms with Crippen molar-refractivity contribution in [2.24, 2.45) is 11.8 Å². The van der Waals surface area contributed by atoms with Gasteiger partial charge >= 0.3 is 0 Å². The molecule has 2 aliphatic heterocycles. The molecule has 0 saturated carbocycles. The molecule has 0 spiro atoms. The maximum absolute atomic E-state index is 12.4. The second-order valence-electron chi connectivity index (χ2n) is 8.53. The van der Waals surface area contributed by atoms with Gasteiger partial charge in [-0.1, -0.05) is 23.8 Å². The summed E-state index contributed by atoms with van der Waals surface area (Å²) in [5.41, 5.74) is 4.10. The maximum Gasteiger partial charge on any atom is 0.289 e. The van der Waals surface area contributed by atoms with E-state index in [0.717, 1.165) is 38.4 Å². The van der Waals surface area contributed by atoms with Crippen LogP contribution in [0.5, 0.6) is 0 Å². The van der Waals surface area contributed by atoms with Gasteiger partial charge in [0.15, 0.2) is 0 Å². The third kappa shape index (κ3) is 3.63. The van der Waals surface area contributed by atoms with E-state index in [2.05, 4.69) is 52.5 Å². The number of aromatic nitrogens is 3. The van der Waals surface area contributed by atoms with Crippen molar-refractivity contribution in [3.8, 4) is 0 Å². The lowest BCUT2D eigenvalue weighted by atomic mass is 9.89. The smallest absolute Gasteiger partial charge is 0.289 e. The largest absolute Gasteiger partial charge is 0.347 e. The Morgan fingerprint density at radius 3 is 2.74 bits per heavy atom. The molecule has 6 heteroatoms. The monoisotopic (exact) mass is 367 g/mol. The fourth-order valence-corrected chi connectivity index (χ4v) is 4.46. The Balaban J connectivity index is 1.46. The van der Waals surface area contributed by atoms with Crippen molar-refractivity contribution >= 4 is 5.91 Å². The summed E-state index contributed by atoms with van der Waals surface area (Å²) in [6.45, 7) is 12.3. The molecule has 1 aromatic carbocycles. The summed E-state index contributed by atoms with van der Waals surface area (Å²) in [5.74, 6) is 2.47. The highest BCUT2D eigenvalue weighted by Gasteiger charge is 2.39. The molecule has 1 N–H and O–H groups in total. The van der Waals surface area contributed by atoms with Gasteiger partial charge in [0.25, 0.3) is 5.91 Å². The van der Waals surface area contributed by atoms with Crippen LogP contribution in [0.2, 0.25) is 0 Å². The van der Waals surface area contributed by atoms with Crippen molar-refractivity contribution < 1.29 is 4.79 Å². The van der Waals surface area contributed by atoms with E-state index >= 15 is 0 Å². The SMILES string of the molecule is Cc1ccc(C)c(CN2C[C@@H]3Cn4c(nnc4C(=O)NC(C)C)C[C@H]3C2)c1. The highest BCUT2D eigenvalue weighted by molar-refractivity contribution is 5.90. The number of aryl methyl sites for hydroxylation is 2. The topological polar surface area (TPSA) is 63.1 Å². The van der Waals surface area contributed by atoms with E-state index in [9.17, 15) is 4.79 Å². The molecule has 1 fully saturated rings. The van der Waals surface area contributed by atoms with E-state index < -0.39 is 0 Å². The highest BCUT2D eigenvalue weighted by Crippen LogP contribution is 2.33. The first-order valence-electron chi connectivity index (χ1n) is 9.92. The molecule has 27 heavy (non-hydrogen) atoms. The fourth-order valence-electron chi connectivity index (χ4n) is 4.46. The van der Waals surface area contributed by atoms with Crippen molar-refractivity contribution in [1.29, 1.82) is 0 Å². The van der Waals surface area contributed by atoms with Crippen molar-refractivity contribution in [3.63, 3.8) is 0 Å². The first-order valence-corrected chi connectivity index (χ1v) is 9.92. The third-order valence-electron chi connectivity index (χ3n) is 5.86. The van der Waals surface area contributed by atoms with E-state index in [-0.39, 0.29) is 11.9 Å². The molecule has 1 amide bonds. The minimum Gasteiger partial charge on any atom is -0.347 e. The predicted octanol–water partition coefficient (Wildman–Crippen LogP) is 2.34. The van der Waals surface area contributed by atoms with Crippen molar-refractivity contribution in [2.45, 2.75) is 53.2 Å². The Hall–Kier alpha value is -2.21. The summed E-state index contributed by atoms with van der Waals surface area (Å²) in [4.78, 5) is 15.0. The van der Waals surface area contributed by atoms with Crippen LogP contribution < -0.4 is 5.32 Å². The number of rotatable bonds is 4. The van der Waals surface area contributed by atoms with Crippen LogP contribution in [0.3, 0.4) is 0 Å². The molecule has 6 nitrogen and oxygen atoms in total. The average molecular weight is 367 g/mol. The Kier molecular flexibility index (Phi) is 4.76. The summed E-state index contributed by atoms with van der Waals surface area (Å²) in [7, 11) is 0. The number of benzene rings is 1. The van der Waals surface area contributed by atoms with Crippen molar-refractivity contribution in [1.82, 2.24) is 25.0 Å². The molecule has 144 valence electrons. The van der Waals surface area contributed by atoms with Crippen LogP contribution in [0.25, 0.3) is 0 Å². The molecule has 0 radical (unpaired) electrons. The summed E-state index contributed by atoms with van der Waals surface area (Å²) >= 11 is 0. The van der Waals surface area contributed by atoms with Crippen LogP contribution in [0, 0.1) is 25.7 Å². The van der Waals surface area contributed by atoms with Gasteiger partial charge in [0.05, 0.1) is 0 Å². The number of amides is 1. The molecule has 3 heterocycles. The summed E-state index contributed by atoms with van der Waals surface area (Å²) in [6, 6.07) is 6.80. The van der Waals surface area contributed by atoms with Crippen LogP contribution in [0.1, 0.15) is 47.0 Å². The number of hydrogen-bond acceptors (Lipinski definition) is 4. The van der Waals surface area contributed by atoms with Crippen LogP contribution in [0.4, 0.5) is 0 Å². The minimum absolute atomic E-state index is 0.0985. The quantitative estimate of drug-likeness (QED) is 0.901. The standard InChI is InChI=1S/C21H29N5O/c1-13(2)22-21(27)20-24-23-19-8-17-10-25(11-18(17)12-26(19)20)9-16-7-14(3)5-6-15(16)4/h5-7,13,17-18H,8-12H2,1-4H3,(H,22,27)/t17-,18+/m0/s1. The second kappa shape index (κ2) is 7.08. The Bertz CT molecular complexity index is 856. The summed E-state index contributed by atoms with van der Waals surface area (Å²) in [5, 5.41) is 11.4. The second-order valence-corrected chi connectivity index (χ2v) is 8.53. The zero-order chi connectivity index (χ0) is 19.1. The number of likely N-dealkylation sites (tertiary alicyclic amines) is 1. The Morgan fingerprint density at radius 2 is 1.96 bits per heavy atom. The zero-order valence-corrected chi connectivity index (χ0v) is 16.7. The summed E-state index contributed by atoms with van der Waals surface area (Å²) < 4.78 is 2.04. The average Bonchev–Trinajstić information content (AvgIpc) is 3.18. The van der Waals surface area contributed by atoms with E-state index in [1.54, 1.807) is 0 Å². The molecule has 0 bridgehead atoms. The molecule has 1 saturated heterocycles. The van der Waals surface area contributed by atoms with Gasteiger partial charge in [-0.15, -0.1) is 10.2 Å². The fraction of sp³-hybridized carbons (Fsp3) is 0.571. The predicted molar refractivity (Wildman–Crippen MR) is 105 cm³/mol. The molecule has 2 aliphatic rings. The number of carbonyl (C=O) groups excluding carboxylic acids is 1. The zero-order valence-electron chi connectivity index (χ0n) is 16.7. The lowest BCUT2D eigenvalue weighted by Crippen LogP contribution is -2.35. The van der Waals surface area contributed by atoms with Crippen molar-refractivity contribution in [2.75, 3.05) is 13.1 Å². The van der Waals surface area contributed by atoms with E-state index in [1.807, 2.05) is 18.4 Å². The molecule has 2 aromatic rings. The Labute approximate surface area is 161 Å². The van der Waals surface area contributed by atoms with Crippen molar-refractivity contribution in [3.05, 3.63) is 46.5 Å². The number of hydrogen-bond donors (Lipinski definition) is 1. The normalized spacial score (nSPS) is 22.0. The highest BCUT2D eigenvalue weighted by atomic mass is 16.2. The van der Waals surface area contributed by atoms with Gasteiger partial charge in [-0.05, 0) is 50.7 Å². The van der Waals surface area contributed by atoms with E-state index in [1.165, 1.54) is 16.7 Å². The van der Waals surface area contributed by atoms with E-state index in [0.29, 0.717) is 17.7 Å². The minimum atomic E-state index is -0.118. The number of fused-ring (bicyclic) bond motifs is 2. The number of carbonyl (C=O) groups is 1. The van der Waals surface area contributed by atoms with Gasteiger partial charge in [0.2, 0.25) is 5.82 Å². The molecule has 4 rings (SSSR count). The van der Waals surface area contributed by atoms with E-state index in [4.69, 9.17) is 0 Å². The summed E-state index contributed by atoms with van der Waals surface area (Å²) in [6.07, 6.45) is 0.913. The number of nitrogens with zero attached hydrogens (tertiary/aromatic N) is 4. The molecule has 0 unspecified atom stereocenters. The van der Waals surface area contributed by atoms with Crippen LogP contribution >= 0.6 is 0 Å². The molecular weight excluding hydrogens is 338 g/mol. The first kappa shape index (κ1) is 18.2. The van der Waals surface area contributed by atoms with Crippen LogP contribution in [0.15, 0.2) is 18.2 Å². The van der Waals surface area contributed by atoms with Gasteiger partial charge in [0, 0.05) is 38.6 Å². The van der Waals surface area contributed by atoms with Gasteiger partial charge in [0.1, 0.15) is 5.82 Å². The van der Waals surface area contributed by atoms with Gasteiger partial charge < -0.3 is 9.88 Å². The van der Waals surface area contributed by atoms with Gasteiger partial charge in [-0.25, -0.2) is 0 Å². The van der Waals surface area contributed by atoms with Gasteiger partial charge in [-0.3, -0.25) is 9.69 Å².